The van der Waals surface area contributed by atoms with Crippen molar-refractivity contribution in [3.63, 3.8) is 0 Å². The Morgan fingerprint density at radius 2 is 1.55 bits per heavy atom. The zero-order valence-corrected chi connectivity index (χ0v) is 17.1. The van der Waals surface area contributed by atoms with Gasteiger partial charge in [0.05, 0.1) is 0 Å². The van der Waals surface area contributed by atoms with Gasteiger partial charge < -0.3 is 0 Å². The van der Waals surface area contributed by atoms with E-state index in [1.54, 1.807) is 17.0 Å². The van der Waals surface area contributed by atoms with Gasteiger partial charge in [0.1, 0.15) is 0 Å². The van der Waals surface area contributed by atoms with Crippen LogP contribution in [0.3, 0.4) is 0 Å². The van der Waals surface area contributed by atoms with E-state index in [1.807, 2.05) is 65.6 Å². The van der Waals surface area contributed by atoms with Crippen LogP contribution in [0.25, 0.3) is 6.08 Å². The van der Waals surface area contributed by atoms with Crippen molar-refractivity contribution in [1.82, 2.24) is 4.90 Å². The molecule has 0 aliphatic carbocycles. The molecule has 5 nitrogen and oxygen atoms in total. The Bertz CT molecular complexity index is 1100. The summed E-state index contributed by atoms with van der Waals surface area (Å²) >= 11 is 3.03. The second-order valence-electron chi connectivity index (χ2n) is 6.60. The summed E-state index contributed by atoms with van der Waals surface area (Å²) in [6.07, 6.45) is 1.64. The monoisotopic (exact) mass is 450 g/mol. The Morgan fingerprint density at radius 3 is 2.21 bits per heavy atom. The third kappa shape index (κ3) is 3.81. The zero-order chi connectivity index (χ0) is 20.4. The quantitative estimate of drug-likeness (QED) is 0.474. The molecular weight excluding hydrogens is 431 g/mol. The first kappa shape index (κ1) is 19.0. The molecule has 1 aliphatic heterocycles. The average Bonchev–Trinajstić information content (AvgIpc) is 2.95. The Balaban J connectivity index is 1.79. The summed E-state index contributed by atoms with van der Waals surface area (Å²) in [7, 11) is 0. The molecule has 1 saturated heterocycles. The Hall–Kier alpha value is -3.34. The molecule has 0 spiro atoms. The first-order valence-electron chi connectivity index (χ1n) is 9.03. The molecule has 144 valence electrons. The van der Waals surface area contributed by atoms with Crippen LogP contribution in [0.15, 0.2) is 84.6 Å². The molecule has 4 rings (SSSR count). The first-order valence-corrected chi connectivity index (χ1v) is 9.89. The van der Waals surface area contributed by atoms with Crippen molar-refractivity contribution in [1.29, 1.82) is 0 Å². The number of carbonyl (C=O) groups is 1. The molecule has 0 aromatic heterocycles. The molecule has 0 bridgehead atoms. The van der Waals surface area contributed by atoms with Gasteiger partial charge in [-0.2, -0.15) is 0 Å². The number of hydrogen-bond acceptors (Lipinski definition) is 4. The van der Waals surface area contributed by atoms with Crippen molar-refractivity contribution in [2.75, 3.05) is 4.90 Å². The fraction of sp³-hybridized carbons (Fsp3) is 0.0435. The average molecular weight is 449 g/mol. The van der Waals surface area contributed by atoms with E-state index in [-0.39, 0.29) is 17.4 Å². The van der Waals surface area contributed by atoms with Crippen molar-refractivity contribution < 1.29 is 15.0 Å². The van der Waals surface area contributed by atoms with Crippen LogP contribution in [-0.4, -0.2) is 41.3 Å². The van der Waals surface area contributed by atoms with E-state index in [4.69, 9.17) is 0 Å². The number of nitrogens with zero attached hydrogens (tertiary/aromatic N) is 2. The molecule has 1 heterocycles. The number of phenolic OH excluding ortho intramolecular Hbond substituents is 2. The number of hydrogen-bond donors (Lipinski definition) is 2. The number of rotatable bonds is 4. The molecule has 6 heteroatoms. The van der Waals surface area contributed by atoms with E-state index in [2.05, 4.69) is 15.6 Å². The van der Waals surface area contributed by atoms with E-state index >= 15 is 0 Å². The maximum absolute atomic E-state index is 13.3. The first-order chi connectivity index (χ1) is 14.0. The number of para-hydroxylation sites is 1. The SMILES string of the molecule is O=C1C(=Cc2ccc(O)cc2O)N(Cc2ccccc2)C(=[Se])N1c1ccccc1. The maximum atomic E-state index is 13.3. The number of carbonyl (C=O) groups excluding carboxylic acids is 1. The van der Waals surface area contributed by atoms with Gasteiger partial charge in [0.15, 0.2) is 0 Å². The van der Waals surface area contributed by atoms with E-state index in [1.165, 1.54) is 12.1 Å². The summed E-state index contributed by atoms with van der Waals surface area (Å²) in [5.41, 5.74) is 2.67. The zero-order valence-electron chi connectivity index (χ0n) is 15.4. The molecule has 0 saturated carbocycles. The van der Waals surface area contributed by atoms with Crippen molar-refractivity contribution in [3.05, 3.63) is 95.7 Å². The topological polar surface area (TPSA) is 64.0 Å². The minimum atomic E-state index is -0.201. The predicted octanol–water partition coefficient (Wildman–Crippen LogP) is 3.24. The molecule has 2 N–H and O–H groups in total. The predicted molar refractivity (Wildman–Crippen MR) is 114 cm³/mol. The summed E-state index contributed by atoms with van der Waals surface area (Å²) < 4.78 is 0.662. The molecule has 1 fully saturated rings. The number of aromatic hydroxyl groups is 2. The molecule has 3 aromatic carbocycles. The van der Waals surface area contributed by atoms with Crippen LogP contribution in [0, 0.1) is 0 Å². The fourth-order valence-electron chi connectivity index (χ4n) is 3.21. The molecule has 0 radical (unpaired) electrons. The van der Waals surface area contributed by atoms with Crippen molar-refractivity contribution in [2.45, 2.75) is 6.54 Å². The molecule has 3 aromatic rings. The number of phenols is 2. The Labute approximate surface area is 176 Å². The summed E-state index contributed by atoms with van der Waals surface area (Å²) in [5.74, 6) is -0.330. The molecular formula is C23H18N2O3Se. The van der Waals surface area contributed by atoms with E-state index in [9.17, 15) is 15.0 Å². The second-order valence-corrected chi connectivity index (χ2v) is 7.37. The summed E-state index contributed by atoms with van der Waals surface area (Å²) in [5, 5.41) is 19.8. The van der Waals surface area contributed by atoms with E-state index in [0.717, 1.165) is 11.3 Å². The molecule has 0 atom stereocenters. The van der Waals surface area contributed by atoms with Crippen molar-refractivity contribution in [3.8, 4) is 11.5 Å². The normalized spacial score (nSPS) is 15.4. The summed E-state index contributed by atoms with van der Waals surface area (Å²) in [6.45, 7) is 0.489. The van der Waals surface area contributed by atoms with Crippen LogP contribution in [0.1, 0.15) is 11.1 Å². The third-order valence-electron chi connectivity index (χ3n) is 4.64. The van der Waals surface area contributed by atoms with E-state index < -0.39 is 0 Å². The number of anilines is 1. The van der Waals surface area contributed by atoms with Gasteiger partial charge in [-0.25, -0.2) is 0 Å². The fourth-order valence-corrected chi connectivity index (χ4v) is 3.94. The van der Waals surface area contributed by atoms with Gasteiger partial charge in [-0.3, -0.25) is 0 Å². The van der Waals surface area contributed by atoms with Gasteiger partial charge in [0, 0.05) is 0 Å². The van der Waals surface area contributed by atoms with Crippen molar-refractivity contribution >= 4 is 37.9 Å². The van der Waals surface area contributed by atoms with Crippen LogP contribution in [0.2, 0.25) is 0 Å². The van der Waals surface area contributed by atoms with Gasteiger partial charge in [0.2, 0.25) is 0 Å². The van der Waals surface area contributed by atoms with Crippen LogP contribution in [0.5, 0.6) is 11.5 Å². The third-order valence-corrected chi connectivity index (χ3v) is 5.48. The molecule has 29 heavy (non-hydrogen) atoms. The standard InChI is InChI=1S/C23H18N2O3Se/c26-19-12-11-17(21(27)14-19)13-20-22(28)25(18-9-5-2-6-10-18)23(29)24(20)15-16-7-3-1-4-8-16/h1-14,26-27H,15H2. The van der Waals surface area contributed by atoms with Crippen LogP contribution < -0.4 is 4.90 Å². The molecule has 0 unspecified atom stereocenters. The van der Waals surface area contributed by atoms with Crippen LogP contribution in [-0.2, 0) is 11.3 Å². The van der Waals surface area contributed by atoms with Gasteiger partial charge in [-0.1, -0.05) is 0 Å². The molecule has 1 aliphatic rings. The van der Waals surface area contributed by atoms with Gasteiger partial charge >= 0.3 is 176 Å². The summed E-state index contributed by atoms with van der Waals surface area (Å²) in [6, 6.07) is 23.6. The van der Waals surface area contributed by atoms with Crippen LogP contribution >= 0.6 is 0 Å². The van der Waals surface area contributed by atoms with Crippen LogP contribution in [0.4, 0.5) is 5.69 Å². The van der Waals surface area contributed by atoms with E-state index in [0.29, 0.717) is 22.5 Å². The van der Waals surface area contributed by atoms with Gasteiger partial charge in [-0.05, 0) is 0 Å². The Kier molecular flexibility index (Phi) is 5.21. The second kappa shape index (κ2) is 7.95. The van der Waals surface area contributed by atoms with Gasteiger partial charge in [-0.15, -0.1) is 0 Å². The summed E-state index contributed by atoms with van der Waals surface area (Å²) in [4.78, 5) is 16.8. The number of amides is 1. The molecule has 1 amide bonds. The Morgan fingerprint density at radius 1 is 0.897 bits per heavy atom. The van der Waals surface area contributed by atoms with Gasteiger partial charge in [0.25, 0.3) is 0 Å². The number of benzene rings is 3. The minimum absolute atomic E-state index is 0.0365. The van der Waals surface area contributed by atoms with Crippen molar-refractivity contribution in [2.24, 2.45) is 0 Å².